The molecule has 96 valence electrons. The molecule has 1 aromatic heterocycles. The molecule has 0 bridgehead atoms. The quantitative estimate of drug-likeness (QED) is 0.878. The maximum absolute atomic E-state index is 11.6. The topological polar surface area (TPSA) is 59.1 Å². The van der Waals surface area contributed by atoms with Gasteiger partial charge in [-0.15, -0.1) is 0 Å². The number of aromatic nitrogens is 1. The van der Waals surface area contributed by atoms with Gasteiger partial charge in [-0.3, -0.25) is 0 Å². The van der Waals surface area contributed by atoms with Crippen LogP contribution in [-0.4, -0.2) is 25.7 Å². The van der Waals surface area contributed by atoms with Crippen LogP contribution in [0.3, 0.4) is 0 Å². The molecule has 0 aliphatic heterocycles. The summed E-state index contributed by atoms with van der Waals surface area (Å²) in [6.45, 7) is 6.27. The second kappa shape index (κ2) is 5.49. The van der Waals surface area contributed by atoms with Crippen LogP contribution in [0, 0.1) is 5.92 Å². The van der Waals surface area contributed by atoms with Gasteiger partial charge in [0.05, 0.1) is 0 Å². The van der Waals surface area contributed by atoms with Crippen LogP contribution in [0.25, 0.3) is 0 Å². The summed E-state index contributed by atoms with van der Waals surface area (Å²) in [5, 5.41) is 3.21. The van der Waals surface area contributed by atoms with Crippen molar-refractivity contribution in [1.29, 1.82) is 0 Å². The van der Waals surface area contributed by atoms with E-state index in [1.807, 2.05) is 0 Å². The lowest BCUT2D eigenvalue weighted by Gasteiger charge is -2.22. The number of anilines is 1. The van der Waals surface area contributed by atoms with Gasteiger partial charge < -0.3 is 5.32 Å². The van der Waals surface area contributed by atoms with Gasteiger partial charge in [0.1, 0.15) is 10.7 Å². The van der Waals surface area contributed by atoms with E-state index >= 15 is 0 Å². The molecule has 0 amide bonds. The third kappa shape index (κ3) is 3.70. The van der Waals surface area contributed by atoms with Crippen molar-refractivity contribution in [2.75, 3.05) is 11.6 Å². The molecule has 1 N–H and O–H groups in total. The first-order valence-electron chi connectivity index (χ1n) is 5.77. The molecule has 1 rings (SSSR count). The van der Waals surface area contributed by atoms with Gasteiger partial charge in [-0.2, -0.15) is 0 Å². The summed E-state index contributed by atoms with van der Waals surface area (Å²) in [5.74, 6) is 0.880. The lowest BCUT2D eigenvalue weighted by molar-refractivity contribution is 0.508. The second-order valence-corrected chi connectivity index (χ2v) is 6.51. The summed E-state index contributed by atoms with van der Waals surface area (Å²) in [7, 11) is -3.24. The molecule has 5 heteroatoms. The van der Waals surface area contributed by atoms with Gasteiger partial charge in [0.25, 0.3) is 0 Å². The monoisotopic (exact) mass is 256 g/mol. The van der Waals surface area contributed by atoms with Crippen LogP contribution in [0.4, 0.5) is 5.82 Å². The van der Waals surface area contributed by atoms with Crippen molar-refractivity contribution < 1.29 is 8.42 Å². The molecule has 0 fully saturated rings. The maximum atomic E-state index is 11.6. The fraction of sp³-hybridized carbons (Fsp3) is 0.583. The van der Waals surface area contributed by atoms with E-state index in [4.69, 9.17) is 0 Å². The largest absolute Gasteiger partial charge is 0.366 e. The first-order valence-corrected chi connectivity index (χ1v) is 7.67. The van der Waals surface area contributed by atoms with Crippen LogP contribution < -0.4 is 5.32 Å². The van der Waals surface area contributed by atoms with Crippen molar-refractivity contribution >= 4 is 15.7 Å². The zero-order chi connectivity index (χ0) is 13.1. The molecule has 1 atom stereocenters. The van der Waals surface area contributed by atoms with E-state index in [-0.39, 0.29) is 10.9 Å². The third-order valence-corrected chi connectivity index (χ3v) is 3.87. The van der Waals surface area contributed by atoms with Gasteiger partial charge in [0.15, 0.2) is 9.84 Å². The molecule has 0 radical (unpaired) electrons. The Balaban J connectivity index is 3.07. The maximum Gasteiger partial charge on any atom is 0.179 e. The van der Waals surface area contributed by atoms with E-state index in [0.29, 0.717) is 11.7 Å². The Bertz CT molecular complexity index is 469. The number of hydrogen-bond donors (Lipinski definition) is 1. The van der Waals surface area contributed by atoms with Gasteiger partial charge in [0.2, 0.25) is 0 Å². The predicted octanol–water partition coefficient (Wildman–Crippen LogP) is 2.33. The predicted molar refractivity (Wildman–Crippen MR) is 69.9 cm³/mol. The molecule has 0 spiro atoms. The lowest BCUT2D eigenvalue weighted by atomic mass is 10.0. The Hall–Kier alpha value is -1.10. The Morgan fingerprint density at radius 1 is 1.41 bits per heavy atom. The van der Waals surface area contributed by atoms with Crippen LogP contribution >= 0.6 is 0 Å². The third-order valence-electron chi connectivity index (χ3n) is 2.74. The molecule has 0 saturated heterocycles. The van der Waals surface area contributed by atoms with Gasteiger partial charge in [-0.1, -0.05) is 20.8 Å². The zero-order valence-corrected chi connectivity index (χ0v) is 11.6. The Labute approximate surface area is 103 Å². The van der Waals surface area contributed by atoms with E-state index in [9.17, 15) is 8.42 Å². The van der Waals surface area contributed by atoms with Crippen molar-refractivity contribution in [3.8, 4) is 0 Å². The SMILES string of the molecule is CCC(Nc1ncccc1S(C)(=O)=O)C(C)C. The summed E-state index contributed by atoms with van der Waals surface area (Å²) < 4.78 is 23.2. The molecule has 1 unspecified atom stereocenters. The van der Waals surface area contributed by atoms with Crippen LogP contribution in [0.1, 0.15) is 27.2 Å². The average molecular weight is 256 g/mol. The smallest absolute Gasteiger partial charge is 0.179 e. The van der Waals surface area contributed by atoms with Crippen molar-refractivity contribution in [1.82, 2.24) is 4.98 Å². The molecule has 4 nitrogen and oxygen atoms in total. The van der Waals surface area contributed by atoms with E-state index in [1.165, 1.54) is 6.26 Å². The Kier molecular flexibility index (Phi) is 4.51. The molecule has 0 saturated carbocycles. The van der Waals surface area contributed by atoms with Crippen LogP contribution in [0.5, 0.6) is 0 Å². The number of hydrogen-bond acceptors (Lipinski definition) is 4. The summed E-state index contributed by atoms with van der Waals surface area (Å²) in [5.41, 5.74) is 0. The highest BCUT2D eigenvalue weighted by molar-refractivity contribution is 7.90. The summed E-state index contributed by atoms with van der Waals surface area (Å²) in [4.78, 5) is 4.39. The zero-order valence-electron chi connectivity index (χ0n) is 10.8. The average Bonchev–Trinajstić information content (AvgIpc) is 2.24. The summed E-state index contributed by atoms with van der Waals surface area (Å²) in [6, 6.07) is 3.45. The first-order chi connectivity index (χ1) is 7.86. The van der Waals surface area contributed by atoms with Crippen LogP contribution in [0.15, 0.2) is 23.2 Å². The minimum atomic E-state index is -3.24. The molecule has 0 aliphatic carbocycles. The molecular weight excluding hydrogens is 236 g/mol. The standard InChI is InChI=1S/C12H20N2O2S/c1-5-10(9(2)3)14-12-11(17(4,15)16)7-6-8-13-12/h6-10H,5H2,1-4H3,(H,13,14). The molecule has 17 heavy (non-hydrogen) atoms. The van der Waals surface area contributed by atoms with Crippen LogP contribution in [-0.2, 0) is 9.84 Å². The molecule has 1 aromatic rings. The first kappa shape index (κ1) is 14.0. The van der Waals surface area contributed by atoms with E-state index in [2.05, 4.69) is 31.1 Å². The fourth-order valence-corrected chi connectivity index (χ4v) is 2.50. The van der Waals surface area contributed by atoms with Gasteiger partial charge >= 0.3 is 0 Å². The van der Waals surface area contributed by atoms with Gasteiger partial charge in [0, 0.05) is 18.5 Å². The second-order valence-electron chi connectivity index (χ2n) is 4.53. The summed E-state index contributed by atoms with van der Waals surface area (Å²) >= 11 is 0. The number of sulfone groups is 1. The molecule has 0 aliphatic rings. The van der Waals surface area contributed by atoms with Gasteiger partial charge in [-0.05, 0) is 24.5 Å². The highest BCUT2D eigenvalue weighted by atomic mass is 32.2. The lowest BCUT2D eigenvalue weighted by Crippen LogP contribution is -2.26. The van der Waals surface area contributed by atoms with Crippen molar-refractivity contribution in [2.24, 2.45) is 5.92 Å². The highest BCUT2D eigenvalue weighted by Crippen LogP contribution is 2.21. The van der Waals surface area contributed by atoms with E-state index in [1.54, 1.807) is 18.3 Å². The van der Waals surface area contributed by atoms with E-state index < -0.39 is 9.84 Å². The molecule has 1 heterocycles. The Morgan fingerprint density at radius 3 is 2.53 bits per heavy atom. The van der Waals surface area contributed by atoms with Gasteiger partial charge in [-0.25, -0.2) is 13.4 Å². The number of rotatable bonds is 5. The minimum absolute atomic E-state index is 0.227. The summed E-state index contributed by atoms with van der Waals surface area (Å²) in [6.07, 6.45) is 3.73. The fourth-order valence-electron chi connectivity index (χ4n) is 1.71. The highest BCUT2D eigenvalue weighted by Gasteiger charge is 2.18. The van der Waals surface area contributed by atoms with Crippen LogP contribution in [0.2, 0.25) is 0 Å². The number of nitrogens with zero attached hydrogens (tertiary/aromatic N) is 1. The van der Waals surface area contributed by atoms with Crippen molar-refractivity contribution in [3.63, 3.8) is 0 Å². The minimum Gasteiger partial charge on any atom is -0.366 e. The molecule has 0 aromatic carbocycles. The Morgan fingerprint density at radius 2 is 2.06 bits per heavy atom. The normalized spacial score (nSPS) is 13.7. The number of pyridine rings is 1. The number of nitrogens with one attached hydrogen (secondary N) is 1. The van der Waals surface area contributed by atoms with E-state index in [0.717, 1.165) is 6.42 Å². The molecular formula is C12H20N2O2S. The van der Waals surface area contributed by atoms with Crippen molar-refractivity contribution in [3.05, 3.63) is 18.3 Å². The van der Waals surface area contributed by atoms with Crippen molar-refractivity contribution in [2.45, 2.75) is 38.1 Å².